The first-order chi connectivity index (χ1) is 10.9. The average molecular weight is 318 g/mol. The van der Waals surface area contributed by atoms with Gasteiger partial charge >= 0.3 is 0 Å². The van der Waals surface area contributed by atoms with Crippen molar-refractivity contribution in [1.29, 1.82) is 0 Å². The summed E-state index contributed by atoms with van der Waals surface area (Å²) in [5, 5.41) is 10.5. The second-order valence-corrected chi connectivity index (χ2v) is 7.14. The van der Waals surface area contributed by atoms with Crippen LogP contribution in [0.25, 0.3) is 0 Å². The van der Waals surface area contributed by atoms with E-state index in [1.807, 2.05) is 54.2 Å². The van der Waals surface area contributed by atoms with Gasteiger partial charge in [-0.15, -0.1) is 0 Å². The summed E-state index contributed by atoms with van der Waals surface area (Å²) in [4.78, 5) is 17.0. The molecule has 1 aromatic rings. The van der Waals surface area contributed by atoms with Crippen molar-refractivity contribution >= 4 is 5.91 Å². The molecular formula is C19H30N2O2. The third-order valence-electron chi connectivity index (χ3n) is 4.78. The number of carbonyl (C=O) groups excluding carboxylic acids is 1. The number of carbonyl (C=O) groups is 1. The predicted molar refractivity (Wildman–Crippen MR) is 93.1 cm³/mol. The molecule has 1 heterocycles. The molecule has 1 aromatic carbocycles. The maximum Gasteiger partial charge on any atom is 0.240 e. The molecule has 3 atom stereocenters. The first-order valence-corrected chi connectivity index (χ1v) is 8.61. The topological polar surface area (TPSA) is 43.8 Å². The summed E-state index contributed by atoms with van der Waals surface area (Å²) in [6.45, 7) is 4.99. The van der Waals surface area contributed by atoms with Crippen LogP contribution in [0.4, 0.5) is 0 Å². The molecule has 1 aliphatic rings. The van der Waals surface area contributed by atoms with Crippen LogP contribution in [-0.4, -0.2) is 53.5 Å². The highest BCUT2D eigenvalue weighted by Gasteiger charge is 2.36. The van der Waals surface area contributed by atoms with E-state index in [9.17, 15) is 9.90 Å². The molecule has 0 bridgehead atoms. The normalized spacial score (nSPS) is 21.0. The number of aliphatic hydroxyl groups is 1. The maximum absolute atomic E-state index is 13.0. The summed E-state index contributed by atoms with van der Waals surface area (Å²) >= 11 is 0. The molecule has 2 rings (SSSR count). The van der Waals surface area contributed by atoms with Gasteiger partial charge in [0.1, 0.15) is 0 Å². The minimum Gasteiger partial charge on any atom is -0.388 e. The SMILES string of the molecule is CC(C)C(C(=O)N1CCCC1CC(O)c1ccccc1)N(C)C. The van der Waals surface area contributed by atoms with E-state index in [0.717, 1.165) is 24.9 Å². The van der Waals surface area contributed by atoms with Crippen LogP contribution in [0.2, 0.25) is 0 Å². The quantitative estimate of drug-likeness (QED) is 0.877. The first-order valence-electron chi connectivity index (χ1n) is 8.61. The monoisotopic (exact) mass is 318 g/mol. The number of rotatable bonds is 6. The standard InChI is InChI=1S/C19H30N2O2/c1-14(2)18(20(3)4)19(23)21-12-8-11-16(21)13-17(22)15-9-6-5-7-10-15/h5-7,9-10,14,16-18,22H,8,11-13H2,1-4H3. The molecule has 3 unspecified atom stereocenters. The van der Waals surface area contributed by atoms with Crippen molar-refractivity contribution in [2.75, 3.05) is 20.6 Å². The Labute approximate surface area is 140 Å². The third-order valence-corrected chi connectivity index (χ3v) is 4.78. The van der Waals surface area contributed by atoms with Gasteiger partial charge in [0.15, 0.2) is 0 Å². The molecule has 1 aliphatic heterocycles. The smallest absolute Gasteiger partial charge is 0.240 e. The molecule has 1 saturated heterocycles. The number of aliphatic hydroxyl groups excluding tert-OH is 1. The molecule has 0 aromatic heterocycles. The van der Waals surface area contributed by atoms with E-state index in [1.54, 1.807) is 0 Å². The van der Waals surface area contributed by atoms with E-state index >= 15 is 0 Å². The molecule has 4 nitrogen and oxygen atoms in total. The molecule has 1 amide bonds. The van der Waals surface area contributed by atoms with Crippen LogP contribution < -0.4 is 0 Å². The van der Waals surface area contributed by atoms with Crippen molar-refractivity contribution in [1.82, 2.24) is 9.80 Å². The lowest BCUT2D eigenvalue weighted by molar-refractivity contribution is -0.139. The fourth-order valence-electron chi connectivity index (χ4n) is 3.71. The summed E-state index contributed by atoms with van der Waals surface area (Å²) in [6, 6.07) is 9.77. The van der Waals surface area contributed by atoms with E-state index in [-0.39, 0.29) is 23.9 Å². The van der Waals surface area contributed by atoms with Gasteiger partial charge in [0.25, 0.3) is 0 Å². The Balaban J connectivity index is 2.06. The Morgan fingerprint density at radius 3 is 2.52 bits per heavy atom. The second-order valence-electron chi connectivity index (χ2n) is 7.14. The van der Waals surface area contributed by atoms with Crippen LogP contribution in [0.15, 0.2) is 30.3 Å². The molecular weight excluding hydrogens is 288 g/mol. The zero-order valence-electron chi connectivity index (χ0n) is 14.8. The highest BCUT2D eigenvalue weighted by Crippen LogP contribution is 2.29. The van der Waals surface area contributed by atoms with Crippen LogP contribution in [0.1, 0.15) is 44.8 Å². The van der Waals surface area contributed by atoms with E-state index in [0.29, 0.717) is 6.42 Å². The summed E-state index contributed by atoms with van der Waals surface area (Å²) in [6.07, 6.45) is 2.12. The van der Waals surface area contributed by atoms with E-state index < -0.39 is 6.10 Å². The average Bonchev–Trinajstić information content (AvgIpc) is 2.95. The van der Waals surface area contributed by atoms with Crippen molar-refractivity contribution in [2.24, 2.45) is 5.92 Å². The fraction of sp³-hybridized carbons (Fsp3) is 0.632. The summed E-state index contributed by atoms with van der Waals surface area (Å²) in [5.41, 5.74) is 0.930. The lowest BCUT2D eigenvalue weighted by atomic mass is 9.98. The van der Waals surface area contributed by atoms with Crippen molar-refractivity contribution < 1.29 is 9.90 Å². The van der Waals surface area contributed by atoms with Crippen molar-refractivity contribution in [3.8, 4) is 0 Å². The molecule has 0 aliphatic carbocycles. The van der Waals surface area contributed by atoms with Crippen LogP contribution in [-0.2, 0) is 4.79 Å². The van der Waals surface area contributed by atoms with Gasteiger partial charge in [-0.3, -0.25) is 9.69 Å². The van der Waals surface area contributed by atoms with Crippen LogP contribution >= 0.6 is 0 Å². The molecule has 1 N–H and O–H groups in total. The highest BCUT2D eigenvalue weighted by molar-refractivity contribution is 5.82. The van der Waals surface area contributed by atoms with Gasteiger partial charge in [-0.25, -0.2) is 0 Å². The number of amides is 1. The second kappa shape index (κ2) is 7.93. The summed E-state index contributed by atoms with van der Waals surface area (Å²) < 4.78 is 0. The van der Waals surface area contributed by atoms with Crippen LogP contribution in [0, 0.1) is 5.92 Å². The van der Waals surface area contributed by atoms with Crippen molar-refractivity contribution in [3.05, 3.63) is 35.9 Å². The maximum atomic E-state index is 13.0. The Morgan fingerprint density at radius 1 is 1.30 bits per heavy atom. The minimum absolute atomic E-state index is 0.0931. The zero-order valence-corrected chi connectivity index (χ0v) is 14.8. The predicted octanol–water partition coefficient (Wildman–Crippen LogP) is 2.69. The number of hydrogen-bond donors (Lipinski definition) is 1. The van der Waals surface area contributed by atoms with Gasteiger partial charge in [-0.2, -0.15) is 0 Å². The number of likely N-dealkylation sites (tertiary alicyclic amines) is 1. The molecule has 4 heteroatoms. The van der Waals surface area contributed by atoms with Crippen molar-refractivity contribution in [2.45, 2.75) is 51.3 Å². The van der Waals surface area contributed by atoms with Gasteiger partial charge < -0.3 is 10.0 Å². The molecule has 23 heavy (non-hydrogen) atoms. The molecule has 0 saturated carbocycles. The molecule has 0 radical (unpaired) electrons. The van der Waals surface area contributed by atoms with Gasteiger partial charge in [0.05, 0.1) is 12.1 Å². The number of likely N-dealkylation sites (N-methyl/N-ethyl adjacent to an activating group) is 1. The van der Waals surface area contributed by atoms with Crippen LogP contribution in [0.3, 0.4) is 0 Å². The lowest BCUT2D eigenvalue weighted by Gasteiger charge is -2.34. The highest BCUT2D eigenvalue weighted by atomic mass is 16.3. The zero-order chi connectivity index (χ0) is 17.0. The van der Waals surface area contributed by atoms with Gasteiger partial charge in [-0.05, 0) is 44.8 Å². The van der Waals surface area contributed by atoms with Gasteiger partial charge in [0.2, 0.25) is 5.91 Å². The molecule has 128 valence electrons. The van der Waals surface area contributed by atoms with Gasteiger partial charge in [-0.1, -0.05) is 44.2 Å². The number of nitrogens with zero attached hydrogens (tertiary/aromatic N) is 2. The van der Waals surface area contributed by atoms with Crippen molar-refractivity contribution in [3.63, 3.8) is 0 Å². The number of hydrogen-bond acceptors (Lipinski definition) is 3. The third kappa shape index (κ3) is 4.33. The number of benzene rings is 1. The molecule has 0 spiro atoms. The molecule has 1 fully saturated rings. The fourth-order valence-corrected chi connectivity index (χ4v) is 3.71. The van der Waals surface area contributed by atoms with E-state index in [2.05, 4.69) is 13.8 Å². The summed E-state index contributed by atoms with van der Waals surface area (Å²) in [7, 11) is 3.93. The lowest BCUT2D eigenvalue weighted by Crippen LogP contribution is -2.50. The summed E-state index contributed by atoms with van der Waals surface area (Å²) in [5.74, 6) is 0.477. The largest absolute Gasteiger partial charge is 0.388 e. The van der Waals surface area contributed by atoms with E-state index in [4.69, 9.17) is 0 Å². The van der Waals surface area contributed by atoms with Gasteiger partial charge in [0, 0.05) is 12.6 Å². The Bertz CT molecular complexity index is 493. The first kappa shape index (κ1) is 18.0. The Hall–Kier alpha value is -1.39. The van der Waals surface area contributed by atoms with E-state index in [1.165, 1.54) is 0 Å². The van der Waals surface area contributed by atoms with Crippen LogP contribution in [0.5, 0.6) is 0 Å². The Kier molecular flexibility index (Phi) is 6.19. The minimum atomic E-state index is -0.508. The Morgan fingerprint density at radius 2 is 1.96 bits per heavy atom.